The van der Waals surface area contributed by atoms with Crippen LogP contribution in [0.15, 0.2) is 40.2 Å². The fourth-order valence-corrected chi connectivity index (χ4v) is 4.04. The zero-order chi connectivity index (χ0) is 26.1. The molecule has 4 heterocycles. The summed E-state index contributed by atoms with van der Waals surface area (Å²) < 4.78 is 7.93. The highest BCUT2D eigenvalue weighted by Crippen LogP contribution is 2.30. The number of esters is 2. The maximum Gasteiger partial charge on any atom is 0.355 e. The van der Waals surface area contributed by atoms with Crippen LogP contribution in [0.5, 0.6) is 5.75 Å². The number of carbonyl (C=O) groups excluding carboxylic acids is 2. The van der Waals surface area contributed by atoms with Gasteiger partial charge in [-0.3, -0.25) is 19.0 Å². The molecule has 0 amide bonds. The van der Waals surface area contributed by atoms with Gasteiger partial charge >= 0.3 is 11.9 Å². The summed E-state index contributed by atoms with van der Waals surface area (Å²) in [5, 5.41) is 18.9. The lowest BCUT2D eigenvalue weighted by molar-refractivity contribution is 0.0393. The Labute approximate surface area is 204 Å². The van der Waals surface area contributed by atoms with Crippen molar-refractivity contribution in [1.82, 2.24) is 29.5 Å². The summed E-state index contributed by atoms with van der Waals surface area (Å²) in [4.78, 5) is 56.2. The van der Waals surface area contributed by atoms with Gasteiger partial charge in [0.2, 0.25) is 0 Å². The molecular formula is C24H24N6O6. The van der Waals surface area contributed by atoms with Crippen molar-refractivity contribution in [2.45, 2.75) is 26.7 Å². The summed E-state index contributed by atoms with van der Waals surface area (Å²) in [7, 11) is 3.37. The van der Waals surface area contributed by atoms with Crippen LogP contribution in [0.4, 0.5) is 0 Å². The largest absolute Gasteiger partial charge is 0.506 e. The Morgan fingerprint density at radius 2 is 1.50 bits per heavy atom. The molecule has 0 spiro atoms. The first-order valence-corrected chi connectivity index (χ1v) is 11.1. The molecule has 0 bridgehead atoms. The predicted molar refractivity (Wildman–Crippen MR) is 129 cm³/mol. The van der Waals surface area contributed by atoms with Gasteiger partial charge in [-0.2, -0.15) is 10.2 Å². The number of pyridine rings is 2. The third-order valence-electron chi connectivity index (χ3n) is 5.91. The Hall–Kier alpha value is -4.74. The third kappa shape index (κ3) is 4.13. The van der Waals surface area contributed by atoms with Crippen molar-refractivity contribution in [3.8, 4) is 28.5 Å². The van der Waals surface area contributed by atoms with Crippen molar-refractivity contribution in [1.29, 1.82) is 0 Å². The van der Waals surface area contributed by atoms with E-state index in [2.05, 4.69) is 20.2 Å². The number of nitrogens with zero attached hydrogens (tertiary/aromatic N) is 4. The van der Waals surface area contributed by atoms with E-state index in [1.807, 2.05) is 6.92 Å². The zero-order valence-electron chi connectivity index (χ0n) is 20.1. The Balaban J connectivity index is 1.70. The van der Waals surface area contributed by atoms with Crippen LogP contribution in [0.1, 0.15) is 45.7 Å². The van der Waals surface area contributed by atoms with Gasteiger partial charge in [0.1, 0.15) is 11.3 Å². The van der Waals surface area contributed by atoms with Crippen LogP contribution in [0.2, 0.25) is 0 Å². The minimum absolute atomic E-state index is 0.256. The molecule has 0 saturated carbocycles. The second-order valence-corrected chi connectivity index (χ2v) is 8.01. The molecule has 0 aliphatic heterocycles. The lowest BCUT2D eigenvalue weighted by Crippen LogP contribution is -2.27. The Morgan fingerprint density at radius 1 is 0.917 bits per heavy atom. The summed E-state index contributed by atoms with van der Waals surface area (Å²) in [5.41, 5.74) is -0.0613. The van der Waals surface area contributed by atoms with E-state index in [-0.39, 0.29) is 17.7 Å². The Kier molecular flexibility index (Phi) is 6.43. The number of hydrogen-bond donors (Lipinski definition) is 3. The van der Waals surface area contributed by atoms with Crippen LogP contribution in [0, 0.1) is 0 Å². The van der Waals surface area contributed by atoms with Gasteiger partial charge in [-0.25, -0.2) is 9.59 Å². The van der Waals surface area contributed by atoms with Crippen LogP contribution in [-0.2, 0) is 31.7 Å². The third-order valence-corrected chi connectivity index (χ3v) is 5.91. The molecule has 4 rings (SSSR count). The number of aromatic nitrogens is 6. The lowest BCUT2D eigenvalue weighted by atomic mass is 10.0. The maximum atomic E-state index is 12.8. The molecule has 0 radical (unpaired) electrons. The van der Waals surface area contributed by atoms with E-state index in [9.17, 15) is 24.3 Å². The van der Waals surface area contributed by atoms with Crippen molar-refractivity contribution in [3.05, 3.63) is 73.6 Å². The van der Waals surface area contributed by atoms with Crippen LogP contribution in [0.25, 0.3) is 22.8 Å². The molecule has 0 aliphatic carbocycles. The van der Waals surface area contributed by atoms with Crippen molar-refractivity contribution in [2.75, 3.05) is 0 Å². The minimum atomic E-state index is -1.38. The van der Waals surface area contributed by atoms with E-state index in [0.717, 1.165) is 0 Å². The van der Waals surface area contributed by atoms with Gasteiger partial charge in [-0.1, -0.05) is 13.8 Å². The van der Waals surface area contributed by atoms with Gasteiger partial charge in [0.15, 0.2) is 5.56 Å². The van der Waals surface area contributed by atoms with Crippen LogP contribution in [0.3, 0.4) is 0 Å². The highest BCUT2D eigenvalue weighted by Gasteiger charge is 2.28. The maximum absolute atomic E-state index is 12.8. The molecule has 4 aromatic heterocycles. The molecule has 186 valence electrons. The second-order valence-electron chi connectivity index (χ2n) is 8.01. The van der Waals surface area contributed by atoms with Gasteiger partial charge < -0.3 is 19.8 Å². The fraction of sp³-hybridized carbons (Fsp3) is 0.250. The normalized spacial score (nSPS) is 11.0. The molecule has 0 unspecified atom stereocenters. The molecule has 0 aliphatic rings. The van der Waals surface area contributed by atoms with Crippen molar-refractivity contribution in [2.24, 2.45) is 14.1 Å². The smallest absolute Gasteiger partial charge is 0.355 e. The first-order valence-electron chi connectivity index (χ1n) is 11.1. The lowest BCUT2D eigenvalue weighted by Gasteiger charge is -2.13. The number of ether oxygens (including phenoxy) is 1. The molecule has 36 heavy (non-hydrogen) atoms. The molecule has 0 atom stereocenters. The summed E-state index contributed by atoms with van der Waals surface area (Å²) in [6.45, 7) is 3.56. The molecule has 0 saturated heterocycles. The van der Waals surface area contributed by atoms with E-state index >= 15 is 0 Å². The molecule has 0 aromatic carbocycles. The predicted octanol–water partition coefficient (Wildman–Crippen LogP) is 1.69. The summed E-state index contributed by atoms with van der Waals surface area (Å²) in [6.07, 6.45) is 3.81. The number of aromatic amines is 2. The first-order chi connectivity index (χ1) is 17.2. The van der Waals surface area contributed by atoms with Gasteiger partial charge in [0.05, 0.1) is 22.8 Å². The monoisotopic (exact) mass is 492 g/mol. The number of aryl methyl sites for hydroxylation is 3. The summed E-state index contributed by atoms with van der Waals surface area (Å²) in [6, 6.07) is 4.68. The topological polar surface area (TPSA) is 165 Å². The molecule has 0 fully saturated rings. The molecule has 12 heteroatoms. The van der Waals surface area contributed by atoms with E-state index in [0.29, 0.717) is 29.1 Å². The fourth-order valence-electron chi connectivity index (χ4n) is 4.04. The minimum Gasteiger partial charge on any atom is -0.506 e. The Bertz CT molecular complexity index is 1610. The quantitative estimate of drug-likeness (QED) is 0.270. The zero-order valence-corrected chi connectivity index (χ0v) is 20.1. The first kappa shape index (κ1) is 24.4. The number of rotatable bonds is 6. The van der Waals surface area contributed by atoms with Crippen molar-refractivity contribution >= 4 is 11.9 Å². The SMILES string of the molecule is CCc1cc(C(=O)OC(=O)c2c(O)c(CC)c(-c3ccnn3C)[nH]c2=O)c(=O)[nH]c1-c1ccnn1C. The number of H-pyrrole nitrogens is 2. The summed E-state index contributed by atoms with van der Waals surface area (Å²) in [5.74, 6) is -3.23. The molecule has 12 nitrogen and oxygen atoms in total. The van der Waals surface area contributed by atoms with Gasteiger partial charge in [-0.15, -0.1) is 0 Å². The number of aromatic hydroxyl groups is 1. The number of carbonyl (C=O) groups is 2. The average Bonchev–Trinajstić information content (AvgIpc) is 3.46. The Morgan fingerprint density at radius 3 is 2.03 bits per heavy atom. The van der Waals surface area contributed by atoms with E-state index in [4.69, 9.17) is 4.74 Å². The van der Waals surface area contributed by atoms with Crippen LogP contribution >= 0.6 is 0 Å². The molecule has 4 aromatic rings. The summed E-state index contributed by atoms with van der Waals surface area (Å²) >= 11 is 0. The molecular weight excluding hydrogens is 468 g/mol. The van der Waals surface area contributed by atoms with Crippen LogP contribution < -0.4 is 11.1 Å². The van der Waals surface area contributed by atoms with Gasteiger partial charge in [-0.05, 0) is 36.6 Å². The van der Waals surface area contributed by atoms with Crippen molar-refractivity contribution in [3.63, 3.8) is 0 Å². The van der Waals surface area contributed by atoms with Gasteiger partial charge in [0, 0.05) is 32.1 Å². The number of hydrogen-bond acceptors (Lipinski definition) is 8. The second kappa shape index (κ2) is 9.49. The average molecular weight is 492 g/mol. The van der Waals surface area contributed by atoms with E-state index in [1.165, 1.54) is 16.9 Å². The standard InChI is InChI=1S/C24H24N6O6/c1-5-12-11-14(21(32)27-18(12)15-7-9-25-29(15)3)23(34)36-24(35)17-20(31)13(6-2)19(28-22(17)33)16-8-10-26-30(16)4/h7-11H,5-6H2,1-4H3,(H,27,32)(H2,28,31,33). The molecule has 3 N–H and O–H groups in total. The van der Waals surface area contributed by atoms with E-state index in [1.54, 1.807) is 44.0 Å². The van der Waals surface area contributed by atoms with E-state index < -0.39 is 39.9 Å². The number of nitrogens with one attached hydrogen (secondary N) is 2. The highest BCUT2D eigenvalue weighted by molar-refractivity contribution is 6.04. The highest BCUT2D eigenvalue weighted by atomic mass is 16.6. The van der Waals surface area contributed by atoms with Crippen LogP contribution in [-0.4, -0.2) is 46.6 Å². The van der Waals surface area contributed by atoms with Crippen molar-refractivity contribution < 1.29 is 19.4 Å². The van der Waals surface area contributed by atoms with Gasteiger partial charge in [0.25, 0.3) is 11.1 Å².